The molecule has 35 heteroatoms. The van der Waals surface area contributed by atoms with Crippen molar-refractivity contribution in [2.45, 2.75) is 97.3 Å². The summed E-state index contributed by atoms with van der Waals surface area (Å²) >= 11 is -1.42. The van der Waals surface area contributed by atoms with Crippen LogP contribution in [0.15, 0.2) is 0 Å². The van der Waals surface area contributed by atoms with Crippen molar-refractivity contribution in [3.63, 3.8) is 0 Å². The summed E-state index contributed by atoms with van der Waals surface area (Å²) in [5, 5.41) is 71.5. The third-order valence-corrected chi connectivity index (χ3v) is 3.63. The second kappa shape index (κ2) is 93.4. The number of carbonyl (C=O) groups is 10. The second-order valence-electron chi connectivity index (χ2n) is 8.38. The maximum absolute atomic E-state index is 10.2. The minimum Gasteiger partial charge on any atom is -0.693 e. The molecule has 0 aromatic heterocycles. The van der Waals surface area contributed by atoms with Crippen LogP contribution in [0.5, 0.6) is 0 Å². The van der Waals surface area contributed by atoms with Crippen LogP contribution in [-0.2, 0) is 97.4 Å². The van der Waals surface area contributed by atoms with Gasteiger partial charge in [-0.2, -0.15) is 0 Å². The van der Waals surface area contributed by atoms with Crippen LogP contribution in [0.25, 0.3) is 36.9 Å². The number of aliphatic carboxylic acids is 9. The van der Waals surface area contributed by atoms with E-state index in [2.05, 4.69) is 0 Å². The first-order valence-corrected chi connectivity index (χ1v) is 30.8. The number of Topliss-reactive ketones (excluding diaryl/α,β-unsaturated/α-hetero) is 1. The standard InChI is InChI=1S/C6H10O3.C5H8O4.2C4H6O4.C4H8O2.C3H7NO2.6ClH.6H2N.3Pt/c1-5(7)3-2-4-6(8)9;6-4(7)2-1-3-5(8)9;2*5-3(6)1-2-4(7)8;1-2-3-4(5)6;4-2-1-3(5)6;;;;;;;;;;;;;;;/h2-4H2,1H3,(H,8,9);1-3H2,(H,6,7)(H,8,9);2*1-2H2,(H,5,6)(H,7,8);2-3H2,1H3,(H,5,6);1-2,4H2,(H,5,6);6*1H;6*1H2;;;/q;;;;;;;;;;;;6*-1;3*+4/p-6. The Kier molecular flexibility index (Phi) is 157. The fourth-order valence-electron chi connectivity index (χ4n) is 1.64. The molecule has 0 unspecified atom stereocenters. The van der Waals surface area contributed by atoms with Gasteiger partial charge in [-0.15, -0.1) is 0 Å². The number of hydrogen-bond donors (Lipinski definition) is 10. The molecule has 0 saturated heterocycles. The zero-order valence-corrected chi connectivity index (χ0v) is 43.6. The zero-order valence-electron chi connectivity index (χ0n) is 32.3. The van der Waals surface area contributed by atoms with Crippen LogP contribution in [0.2, 0.25) is 0 Å². The molecule has 0 atom stereocenters. The van der Waals surface area contributed by atoms with Crippen LogP contribution in [0.1, 0.15) is 97.3 Å². The molecule has 0 aromatic carbocycles. The van der Waals surface area contributed by atoms with Gasteiger partial charge in [-0.25, -0.2) is 0 Å². The molecule has 0 saturated carbocycles. The Balaban J connectivity index is -0.0000000303. The topological polar surface area (TPSA) is 580 Å². The molecule has 0 fully saturated rings. The molecular formula is C26H57Cl6N7O19Pt3. The average Bonchev–Trinajstić information content (AvgIpc) is 3.01. The van der Waals surface area contributed by atoms with Gasteiger partial charge in [0.25, 0.3) is 0 Å². The van der Waals surface area contributed by atoms with Gasteiger partial charge >= 0.3 is 160 Å². The van der Waals surface area contributed by atoms with Crippen molar-refractivity contribution in [2.24, 2.45) is 5.73 Å². The molecule has 0 aliphatic rings. The van der Waals surface area contributed by atoms with E-state index in [0.29, 0.717) is 19.3 Å². The molecule has 0 bridgehead atoms. The van der Waals surface area contributed by atoms with E-state index in [9.17, 15) is 47.9 Å². The van der Waals surface area contributed by atoms with E-state index in [0.717, 1.165) is 6.42 Å². The van der Waals surface area contributed by atoms with Gasteiger partial charge < -0.3 is 93.4 Å². The van der Waals surface area contributed by atoms with Crippen molar-refractivity contribution in [2.75, 3.05) is 6.54 Å². The Morgan fingerprint density at radius 3 is 0.607 bits per heavy atom. The molecule has 61 heavy (non-hydrogen) atoms. The summed E-state index contributed by atoms with van der Waals surface area (Å²) in [6, 6.07) is 0. The summed E-state index contributed by atoms with van der Waals surface area (Å²) in [5.74, 6) is -8.53. The normalized spacial score (nSPS) is 7.56. The number of nitrogens with two attached hydrogens (primary N) is 7. The smallest absolute Gasteiger partial charge is 0.693 e. The third kappa shape index (κ3) is 266. The van der Waals surface area contributed by atoms with Gasteiger partial charge in [-0.3, -0.25) is 43.2 Å². The quantitative estimate of drug-likeness (QED) is 0.0610. The first-order chi connectivity index (χ1) is 25.3. The van der Waals surface area contributed by atoms with E-state index in [1.807, 2.05) is 6.92 Å². The third-order valence-electron chi connectivity index (χ3n) is 3.63. The number of carboxylic acids is 9. The average molecular weight is 1570 g/mol. The van der Waals surface area contributed by atoms with Gasteiger partial charge in [-0.1, -0.05) is 6.92 Å². The molecule has 0 aliphatic carbocycles. The Hall–Kier alpha value is -1.58. The monoisotopic (exact) mass is 1570 g/mol. The molecule has 0 aliphatic heterocycles. The predicted octanol–water partition coefficient (Wildman–Crippen LogP) is 9.75. The van der Waals surface area contributed by atoms with Crippen molar-refractivity contribution >= 4 is 116 Å². The number of rotatable bonds is 18. The number of hydrogen-bond acceptors (Lipinski definition) is 11. The number of ketones is 1. The van der Waals surface area contributed by atoms with Crippen LogP contribution in [-0.4, -0.2) is 112 Å². The van der Waals surface area contributed by atoms with Crippen molar-refractivity contribution in [3.8, 4) is 0 Å². The van der Waals surface area contributed by atoms with E-state index < -0.39 is 103 Å². The molecule has 0 aromatic rings. The first kappa shape index (κ1) is 103. The minimum atomic E-state index is -1.08. The summed E-state index contributed by atoms with van der Waals surface area (Å²) in [5.41, 5.74) is 4.85. The van der Waals surface area contributed by atoms with E-state index in [1.165, 1.54) is 6.92 Å². The van der Waals surface area contributed by atoms with Crippen LogP contribution in [0, 0.1) is 0 Å². The van der Waals surface area contributed by atoms with Gasteiger partial charge in [0.1, 0.15) is 5.78 Å². The van der Waals surface area contributed by atoms with Gasteiger partial charge in [0.2, 0.25) is 0 Å². The van der Waals surface area contributed by atoms with E-state index >= 15 is 0 Å². The van der Waals surface area contributed by atoms with Gasteiger partial charge in [0, 0.05) is 38.6 Å². The number of halogens is 6. The molecule has 382 valence electrons. The van der Waals surface area contributed by atoms with E-state index in [-0.39, 0.29) is 107 Å². The summed E-state index contributed by atoms with van der Waals surface area (Å²) in [4.78, 5) is 97.4. The SMILES string of the molecule is CC(=O)CCCC(=O)O.CCCC(=O)O.NCCC(=O)O.O=C(O)CCC(=O)O.O=C(O)CCC(=O)O.O=C(O)CCCC(=O)O.[Cl][Pt+2][Cl].[Cl][Pt+2][Cl].[Cl][Pt+2][Cl].[NH2-].[NH2-].[NH2-].[NH2-].[NH2-].[NH2-]. The van der Waals surface area contributed by atoms with Crippen LogP contribution in [0.4, 0.5) is 0 Å². The summed E-state index contributed by atoms with van der Waals surface area (Å²) in [6.45, 7) is 3.53. The Labute approximate surface area is 402 Å². The van der Waals surface area contributed by atoms with Crippen molar-refractivity contribution in [3.05, 3.63) is 36.9 Å². The molecule has 0 rings (SSSR count). The maximum Gasteiger partial charge on any atom is -0.693 e. The van der Waals surface area contributed by atoms with Crippen molar-refractivity contribution in [1.29, 1.82) is 0 Å². The van der Waals surface area contributed by atoms with Gasteiger partial charge in [0.15, 0.2) is 0 Å². The molecule has 0 amide bonds. The van der Waals surface area contributed by atoms with E-state index in [1.54, 1.807) is 0 Å². The molecule has 0 spiro atoms. The van der Waals surface area contributed by atoms with Gasteiger partial charge in [0.05, 0.1) is 32.1 Å². The maximum atomic E-state index is 10.2. The Morgan fingerprint density at radius 1 is 0.361 bits per heavy atom. The van der Waals surface area contributed by atoms with Gasteiger partial charge in [-0.05, 0) is 26.2 Å². The first-order valence-electron chi connectivity index (χ1n) is 13.9. The summed E-state index contributed by atoms with van der Waals surface area (Å²) < 4.78 is 0. The van der Waals surface area contributed by atoms with Crippen LogP contribution in [0.3, 0.4) is 0 Å². The Bertz CT molecular complexity index is 909. The number of carboxylic acid groups (broad SMARTS) is 9. The van der Waals surface area contributed by atoms with Crippen molar-refractivity contribution in [1.82, 2.24) is 0 Å². The number of carbonyl (C=O) groups excluding carboxylic acids is 1. The van der Waals surface area contributed by atoms with Crippen LogP contribution < -0.4 is 5.73 Å². The second-order valence-corrected chi connectivity index (χ2v) is 18.2. The molecular weight excluding hydrogens is 1510 g/mol. The predicted molar refractivity (Wildman–Crippen MR) is 221 cm³/mol. The molecule has 0 heterocycles. The van der Waals surface area contributed by atoms with Crippen LogP contribution >= 0.6 is 56.5 Å². The van der Waals surface area contributed by atoms with Crippen molar-refractivity contribution < 1.29 is 143 Å². The summed E-state index contributed by atoms with van der Waals surface area (Å²) in [7, 11) is 29.2. The zero-order chi connectivity index (χ0) is 45.8. The Morgan fingerprint density at radius 2 is 0.525 bits per heavy atom. The molecule has 23 N–H and O–H groups in total. The summed E-state index contributed by atoms with van der Waals surface area (Å²) in [6.07, 6.45) is 0.935. The molecule has 26 nitrogen and oxygen atoms in total. The fraction of sp³-hybridized carbons (Fsp3) is 0.615. The molecule has 0 radical (unpaired) electrons. The largest absolute Gasteiger partial charge is 0.693 e. The minimum absolute atomic E-state index is 0. The van der Waals surface area contributed by atoms with E-state index in [4.69, 9.17) is 108 Å². The fourth-order valence-corrected chi connectivity index (χ4v) is 1.64.